The number of hydrogen-bond acceptors (Lipinski definition) is 5. The number of para-hydroxylation sites is 1. The van der Waals surface area contributed by atoms with Gasteiger partial charge in [-0.25, -0.2) is 14.8 Å². The van der Waals surface area contributed by atoms with Gasteiger partial charge in [0, 0.05) is 12.6 Å². The SMILES string of the molecule is O=C(O)c1cccnc1NC1CC(c2ccccc2)=NN1c1ccccc1Cl. The van der Waals surface area contributed by atoms with E-state index in [-0.39, 0.29) is 11.7 Å². The van der Waals surface area contributed by atoms with Gasteiger partial charge in [-0.2, -0.15) is 5.10 Å². The zero-order chi connectivity index (χ0) is 19.5. The van der Waals surface area contributed by atoms with Crippen LogP contribution in [-0.4, -0.2) is 27.9 Å². The second-order valence-corrected chi connectivity index (χ2v) is 6.68. The normalized spacial score (nSPS) is 16.0. The van der Waals surface area contributed by atoms with Crippen molar-refractivity contribution in [1.82, 2.24) is 4.98 Å². The van der Waals surface area contributed by atoms with Crippen LogP contribution in [0.1, 0.15) is 22.3 Å². The highest BCUT2D eigenvalue weighted by Crippen LogP contribution is 2.33. The van der Waals surface area contributed by atoms with Crippen molar-refractivity contribution < 1.29 is 9.90 Å². The van der Waals surface area contributed by atoms with Crippen LogP contribution in [0.3, 0.4) is 0 Å². The molecular formula is C21H17ClN4O2. The monoisotopic (exact) mass is 392 g/mol. The van der Waals surface area contributed by atoms with E-state index in [0.717, 1.165) is 17.0 Å². The first-order chi connectivity index (χ1) is 13.6. The summed E-state index contributed by atoms with van der Waals surface area (Å²) in [6, 6.07) is 20.4. The number of benzene rings is 2. The fraction of sp³-hybridized carbons (Fsp3) is 0.0952. The van der Waals surface area contributed by atoms with Gasteiger partial charge in [-0.05, 0) is 29.8 Å². The van der Waals surface area contributed by atoms with Gasteiger partial charge in [0.2, 0.25) is 0 Å². The van der Waals surface area contributed by atoms with E-state index < -0.39 is 5.97 Å². The Labute approximate surface area is 167 Å². The Kier molecular flexibility index (Phi) is 4.95. The number of aromatic nitrogens is 1. The molecule has 1 unspecified atom stereocenters. The maximum Gasteiger partial charge on any atom is 0.339 e. The first-order valence-electron chi connectivity index (χ1n) is 8.75. The maximum absolute atomic E-state index is 11.5. The summed E-state index contributed by atoms with van der Waals surface area (Å²) in [5.41, 5.74) is 2.73. The molecule has 0 bridgehead atoms. The van der Waals surface area contributed by atoms with E-state index in [9.17, 15) is 9.90 Å². The van der Waals surface area contributed by atoms with Crippen LogP contribution in [0.25, 0.3) is 0 Å². The van der Waals surface area contributed by atoms with Crippen molar-refractivity contribution in [2.45, 2.75) is 12.6 Å². The van der Waals surface area contributed by atoms with E-state index in [1.807, 2.05) is 48.5 Å². The van der Waals surface area contributed by atoms with E-state index in [1.54, 1.807) is 23.3 Å². The highest BCUT2D eigenvalue weighted by Gasteiger charge is 2.30. The molecule has 0 radical (unpaired) electrons. The molecule has 2 N–H and O–H groups in total. The lowest BCUT2D eigenvalue weighted by Crippen LogP contribution is -2.35. The minimum absolute atomic E-state index is 0.106. The summed E-state index contributed by atoms with van der Waals surface area (Å²) in [7, 11) is 0. The third-order valence-corrected chi connectivity index (χ3v) is 4.78. The van der Waals surface area contributed by atoms with E-state index >= 15 is 0 Å². The molecule has 3 aromatic rings. The van der Waals surface area contributed by atoms with Gasteiger partial charge in [0.1, 0.15) is 17.5 Å². The lowest BCUT2D eigenvalue weighted by molar-refractivity contribution is 0.0697. The number of halogens is 1. The predicted octanol–water partition coefficient (Wildman–Crippen LogP) is 4.49. The zero-order valence-corrected chi connectivity index (χ0v) is 15.5. The van der Waals surface area contributed by atoms with Crippen molar-refractivity contribution in [3.05, 3.63) is 89.1 Å². The van der Waals surface area contributed by atoms with Crippen LogP contribution in [0.5, 0.6) is 0 Å². The molecular weight excluding hydrogens is 376 g/mol. The number of carboxylic acids is 1. The summed E-state index contributed by atoms with van der Waals surface area (Å²) in [6.45, 7) is 0. The molecule has 1 atom stereocenters. The van der Waals surface area contributed by atoms with Crippen LogP contribution in [0.4, 0.5) is 11.5 Å². The molecule has 1 aliphatic rings. The molecule has 2 heterocycles. The average Bonchev–Trinajstić information content (AvgIpc) is 3.13. The second kappa shape index (κ2) is 7.70. The standard InChI is InChI=1S/C21H17ClN4O2/c22-16-10-4-5-11-18(16)26-19(13-17(25-26)14-7-2-1-3-8-14)24-20-15(21(27)28)9-6-12-23-20/h1-12,19H,13H2,(H,23,24)(H,27,28). The Morgan fingerprint density at radius 3 is 2.57 bits per heavy atom. The average molecular weight is 393 g/mol. The molecule has 4 rings (SSSR count). The van der Waals surface area contributed by atoms with E-state index in [4.69, 9.17) is 16.7 Å². The zero-order valence-electron chi connectivity index (χ0n) is 14.8. The van der Waals surface area contributed by atoms with Crippen molar-refractivity contribution in [3.8, 4) is 0 Å². The van der Waals surface area contributed by atoms with Gasteiger partial charge in [-0.3, -0.25) is 0 Å². The number of pyridine rings is 1. The molecule has 0 amide bonds. The summed E-state index contributed by atoms with van der Waals surface area (Å²) < 4.78 is 0. The van der Waals surface area contributed by atoms with Crippen LogP contribution in [0.2, 0.25) is 5.02 Å². The van der Waals surface area contributed by atoms with Gasteiger partial charge in [-0.1, -0.05) is 54.1 Å². The van der Waals surface area contributed by atoms with E-state index in [0.29, 0.717) is 17.3 Å². The number of aromatic carboxylic acids is 1. The van der Waals surface area contributed by atoms with Crippen molar-refractivity contribution in [2.75, 3.05) is 10.3 Å². The van der Waals surface area contributed by atoms with Crippen LogP contribution in [0, 0.1) is 0 Å². The van der Waals surface area contributed by atoms with Gasteiger partial charge in [0.05, 0.1) is 16.4 Å². The molecule has 0 saturated carbocycles. The first kappa shape index (κ1) is 18.0. The fourth-order valence-electron chi connectivity index (χ4n) is 3.14. The molecule has 0 spiro atoms. The minimum Gasteiger partial charge on any atom is -0.478 e. The number of anilines is 2. The van der Waals surface area contributed by atoms with Gasteiger partial charge >= 0.3 is 5.97 Å². The number of rotatable bonds is 5. The van der Waals surface area contributed by atoms with E-state index in [1.165, 1.54) is 6.07 Å². The van der Waals surface area contributed by atoms with Crippen LogP contribution < -0.4 is 10.3 Å². The van der Waals surface area contributed by atoms with Gasteiger partial charge in [0.15, 0.2) is 0 Å². The van der Waals surface area contributed by atoms with Crippen molar-refractivity contribution >= 4 is 34.8 Å². The minimum atomic E-state index is -1.04. The third kappa shape index (κ3) is 3.54. The Morgan fingerprint density at radius 2 is 1.82 bits per heavy atom. The Bertz CT molecular complexity index is 1040. The molecule has 0 aliphatic carbocycles. The first-order valence-corrected chi connectivity index (χ1v) is 9.13. The lowest BCUT2D eigenvalue weighted by Gasteiger charge is -2.26. The number of hydrogen-bond donors (Lipinski definition) is 2. The van der Waals surface area contributed by atoms with Gasteiger partial charge in [0.25, 0.3) is 0 Å². The highest BCUT2D eigenvalue weighted by molar-refractivity contribution is 6.33. The Hall–Kier alpha value is -3.38. The molecule has 6 nitrogen and oxygen atoms in total. The van der Waals surface area contributed by atoms with Gasteiger partial charge < -0.3 is 10.4 Å². The van der Waals surface area contributed by atoms with Crippen LogP contribution >= 0.6 is 11.6 Å². The Balaban J connectivity index is 1.72. The second-order valence-electron chi connectivity index (χ2n) is 6.28. The summed E-state index contributed by atoms with van der Waals surface area (Å²) in [6.07, 6.45) is 1.79. The smallest absolute Gasteiger partial charge is 0.339 e. The quantitative estimate of drug-likeness (QED) is 0.669. The molecule has 140 valence electrons. The van der Waals surface area contributed by atoms with Crippen molar-refractivity contribution in [3.63, 3.8) is 0 Å². The third-order valence-electron chi connectivity index (χ3n) is 4.46. The number of carboxylic acid groups (broad SMARTS) is 1. The van der Waals surface area contributed by atoms with Gasteiger partial charge in [-0.15, -0.1) is 0 Å². The molecule has 0 saturated heterocycles. The molecule has 0 fully saturated rings. The van der Waals surface area contributed by atoms with E-state index in [2.05, 4.69) is 10.3 Å². The highest BCUT2D eigenvalue weighted by atomic mass is 35.5. The summed E-state index contributed by atoms with van der Waals surface area (Å²) >= 11 is 6.40. The van der Waals surface area contributed by atoms with Crippen LogP contribution in [-0.2, 0) is 0 Å². The topological polar surface area (TPSA) is 77.8 Å². The largest absolute Gasteiger partial charge is 0.478 e. The van der Waals surface area contributed by atoms with Crippen molar-refractivity contribution in [2.24, 2.45) is 5.10 Å². The Morgan fingerprint density at radius 1 is 1.07 bits per heavy atom. The molecule has 2 aromatic carbocycles. The molecule has 7 heteroatoms. The number of nitrogens with zero attached hydrogens (tertiary/aromatic N) is 3. The summed E-state index contributed by atoms with van der Waals surface area (Å²) in [4.78, 5) is 15.8. The number of carbonyl (C=O) groups is 1. The number of nitrogens with one attached hydrogen (secondary N) is 1. The molecule has 1 aromatic heterocycles. The lowest BCUT2D eigenvalue weighted by atomic mass is 10.1. The van der Waals surface area contributed by atoms with Crippen LogP contribution in [0.15, 0.2) is 78.0 Å². The fourth-order valence-corrected chi connectivity index (χ4v) is 3.36. The molecule has 1 aliphatic heterocycles. The predicted molar refractivity (Wildman–Crippen MR) is 110 cm³/mol. The molecule has 28 heavy (non-hydrogen) atoms. The summed E-state index contributed by atoms with van der Waals surface area (Å²) in [5, 5.41) is 19.8. The number of hydrazone groups is 1. The van der Waals surface area contributed by atoms with Crippen molar-refractivity contribution in [1.29, 1.82) is 0 Å². The maximum atomic E-state index is 11.5. The summed E-state index contributed by atoms with van der Waals surface area (Å²) in [5.74, 6) is -0.747.